The summed E-state index contributed by atoms with van der Waals surface area (Å²) in [6.07, 6.45) is -1.10. The van der Waals surface area contributed by atoms with Gasteiger partial charge in [0.25, 0.3) is 5.91 Å². The van der Waals surface area contributed by atoms with Gasteiger partial charge in [0, 0.05) is 16.6 Å². The molecular weight excluding hydrogens is 384 g/mol. The molecule has 1 aromatic heterocycles. The van der Waals surface area contributed by atoms with Gasteiger partial charge < -0.3 is 14.5 Å². The SMILES string of the molecule is Cc1c(C(=O)O[C@@H](C)C(=O)Nc2ccc(S(N)(=O)=O)cc2)oc2ccccc12. The highest BCUT2D eigenvalue weighted by molar-refractivity contribution is 7.89. The van der Waals surface area contributed by atoms with Crippen LogP contribution in [-0.2, 0) is 19.6 Å². The van der Waals surface area contributed by atoms with Crippen LogP contribution in [0.3, 0.4) is 0 Å². The lowest BCUT2D eigenvalue weighted by molar-refractivity contribution is -0.123. The zero-order valence-corrected chi connectivity index (χ0v) is 15.9. The fraction of sp³-hybridized carbons (Fsp3) is 0.158. The van der Waals surface area contributed by atoms with E-state index in [1.165, 1.54) is 31.2 Å². The zero-order chi connectivity index (χ0) is 20.5. The van der Waals surface area contributed by atoms with Gasteiger partial charge in [-0.1, -0.05) is 18.2 Å². The van der Waals surface area contributed by atoms with Crippen molar-refractivity contribution < 1.29 is 27.2 Å². The Morgan fingerprint density at radius 1 is 1.11 bits per heavy atom. The molecule has 0 aliphatic carbocycles. The summed E-state index contributed by atoms with van der Waals surface area (Å²) in [4.78, 5) is 24.6. The fourth-order valence-electron chi connectivity index (χ4n) is 2.61. The van der Waals surface area contributed by atoms with E-state index in [0.29, 0.717) is 16.8 Å². The Labute approximate surface area is 161 Å². The number of carbonyl (C=O) groups is 2. The number of rotatable bonds is 5. The standard InChI is InChI=1S/C19H18N2O6S/c1-11-15-5-3-4-6-16(15)27-17(11)19(23)26-12(2)18(22)21-13-7-9-14(10-8-13)28(20,24)25/h3-10,12H,1-2H3,(H,21,22)(H2,20,24,25)/t12-/m0/s1. The van der Waals surface area contributed by atoms with Crippen LogP contribution < -0.4 is 10.5 Å². The minimum absolute atomic E-state index is 0.0401. The number of benzene rings is 2. The van der Waals surface area contributed by atoms with Gasteiger partial charge in [0.2, 0.25) is 15.8 Å². The van der Waals surface area contributed by atoms with Crippen LogP contribution in [0.4, 0.5) is 5.69 Å². The van der Waals surface area contributed by atoms with Crippen molar-refractivity contribution in [2.24, 2.45) is 5.14 Å². The molecule has 0 aliphatic heterocycles. The molecule has 0 aliphatic rings. The number of anilines is 1. The lowest BCUT2D eigenvalue weighted by Crippen LogP contribution is -2.30. The summed E-state index contributed by atoms with van der Waals surface area (Å²) < 4.78 is 33.2. The van der Waals surface area contributed by atoms with Gasteiger partial charge in [0.1, 0.15) is 5.58 Å². The van der Waals surface area contributed by atoms with Gasteiger partial charge in [0.15, 0.2) is 6.10 Å². The third-order valence-corrected chi connectivity index (χ3v) is 5.06. The molecule has 3 rings (SSSR count). The minimum Gasteiger partial charge on any atom is -0.449 e. The van der Waals surface area contributed by atoms with Crippen LogP contribution in [0.5, 0.6) is 0 Å². The van der Waals surface area contributed by atoms with Gasteiger partial charge >= 0.3 is 5.97 Å². The molecule has 3 aromatic rings. The monoisotopic (exact) mass is 402 g/mol. The second-order valence-corrected chi connectivity index (χ2v) is 7.72. The Kier molecular flexibility index (Phi) is 5.21. The number of para-hydroxylation sites is 1. The molecule has 3 N–H and O–H groups in total. The quantitative estimate of drug-likeness (QED) is 0.631. The summed E-state index contributed by atoms with van der Waals surface area (Å²) >= 11 is 0. The van der Waals surface area contributed by atoms with Gasteiger partial charge in [0.05, 0.1) is 4.90 Å². The largest absolute Gasteiger partial charge is 0.449 e. The van der Waals surface area contributed by atoms with Crippen molar-refractivity contribution in [3.63, 3.8) is 0 Å². The van der Waals surface area contributed by atoms with Crippen molar-refractivity contribution in [3.05, 3.63) is 59.9 Å². The van der Waals surface area contributed by atoms with Gasteiger partial charge in [-0.3, -0.25) is 4.79 Å². The Morgan fingerprint density at radius 3 is 2.36 bits per heavy atom. The number of nitrogens with one attached hydrogen (secondary N) is 1. The Morgan fingerprint density at radius 2 is 1.75 bits per heavy atom. The maximum atomic E-state index is 12.4. The minimum atomic E-state index is -3.82. The molecule has 1 heterocycles. The number of furan rings is 1. The van der Waals surface area contributed by atoms with E-state index in [9.17, 15) is 18.0 Å². The van der Waals surface area contributed by atoms with E-state index >= 15 is 0 Å². The Hall–Kier alpha value is -3.17. The van der Waals surface area contributed by atoms with E-state index in [1.54, 1.807) is 19.1 Å². The molecule has 0 unspecified atom stereocenters. The number of nitrogens with two attached hydrogens (primary N) is 1. The highest BCUT2D eigenvalue weighted by atomic mass is 32.2. The number of hydrogen-bond donors (Lipinski definition) is 2. The molecule has 2 aromatic carbocycles. The highest BCUT2D eigenvalue weighted by Crippen LogP contribution is 2.25. The van der Waals surface area contributed by atoms with E-state index < -0.39 is 28.0 Å². The Balaban J connectivity index is 1.68. The second kappa shape index (κ2) is 7.45. The first-order chi connectivity index (χ1) is 13.2. The molecule has 0 radical (unpaired) electrons. The van der Waals surface area contributed by atoms with Crippen LogP contribution in [0, 0.1) is 6.92 Å². The number of amides is 1. The van der Waals surface area contributed by atoms with Crippen molar-refractivity contribution in [2.75, 3.05) is 5.32 Å². The van der Waals surface area contributed by atoms with E-state index in [2.05, 4.69) is 5.32 Å². The molecular formula is C19H18N2O6S. The average molecular weight is 402 g/mol. The predicted octanol–water partition coefficient (Wildman–Crippen LogP) is 2.57. The molecule has 28 heavy (non-hydrogen) atoms. The number of sulfonamides is 1. The van der Waals surface area contributed by atoms with Gasteiger partial charge in [-0.15, -0.1) is 0 Å². The molecule has 0 fully saturated rings. The van der Waals surface area contributed by atoms with E-state index in [1.807, 2.05) is 12.1 Å². The zero-order valence-electron chi connectivity index (χ0n) is 15.1. The van der Waals surface area contributed by atoms with Crippen LogP contribution in [0.2, 0.25) is 0 Å². The number of aryl methyl sites for hydroxylation is 1. The maximum absolute atomic E-state index is 12.4. The topological polar surface area (TPSA) is 129 Å². The summed E-state index contributed by atoms with van der Waals surface area (Å²) in [5, 5.41) is 8.35. The fourth-order valence-corrected chi connectivity index (χ4v) is 3.12. The summed E-state index contributed by atoms with van der Waals surface area (Å²) in [6, 6.07) is 12.5. The van der Waals surface area contributed by atoms with Crippen molar-refractivity contribution in [1.29, 1.82) is 0 Å². The lowest BCUT2D eigenvalue weighted by atomic mass is 10.1. The predicted molar refractivity (Wildman–Crippen MR) is 102 cm³/mol. The van der Waals surface area contributed by atoms with Gasteiger partial charge in [-0.2, -0.15) is 0 Å². The Bertz CT molecular complexity index is 1150. The van der Waals surface area contributed by atoms with E-state index in [0.717, 1.165) is 5.39 Å². The smallest absolute Gasteiger partial charge is 0.375 e. The number of fused-ring (bicyclic) bond motifs is 1. The first kappa shape index (κ1) is 19.6. The molecule has 0 spiro atoms. The third-order valence-electron chi connectivity index (χ3n) is 4.13. The van der Waals surface area contributed by atoms with Crippen LogP contribution in [0.1, 0.15) is 23.0 Å². The van der Waals surface area contributed by atoms with Crippen molar-refractivity contribution in [1.82, 2.24) is 0 Å². The van der Waals surface area contributed by atoms with E-state index in [-0.39, 0.29) is 10.7 Å². The molecule has 0 saturated heterocycles. The summed E-state index contributed by atoms with van der Waals surface area (Å²) in [6.45, 7) is 3.16. The molecule has 1 atom stereocenters. The highest BCUT2D eigenvalue weighted by Gasteiger charge is 2.24. The number of esters is 1. The number of carbonyl (C=O) groups excluding carboxylic acids is 2. The van der Waals surface area contributed by atoms with Crippen LogP contribution in [-0.4, -0.2) is 26.4 Å². The van der Waals surface area contributed by atoms with Crippen LogP contribution in [0.15, 0.2) is 57.8 Å². The van der Waals surface area contributed by atoms with Crippen molar-refractivity contribution >= 4 is 38.6 Å². The van der Waals surface area contributed by atoms with Gasteiger partial charge in [-0.05, 0) is 44.2 Å². The molecule has 1 amide bonds. The first-order valence-electron chi connectivity index (χ1n) is 8.29. The summed E-state index contributed by atoms with van der Waals surface area (Å²) in [5.74, 6) is -1.29. The normalized spacial score (nSPS) is 12.5. The lowest BCUT2D eigenvalue weighted by Gasteiger charge is -2.13. The van der Waals surface area contributed by atoms with Crippen molar-refractivity contribution in [2.45, 2.75) is 24.8 Å². The maximum Gasteiger partial charge on any atom is 0.375 e. The van der Waals surface area contributed by atoms with E-state index in [4.69, 9.17) is 14.3 Å². The molecule has 0 saturated carbocycles. The van der Waals surface area contributed by atoms with Crippen molar-refractivity contribution in [3.8, 4) is 0 Å². The second-order valence-electron chi connectivity index (χ2n) is 6.16. The third kappa shape index (κ3) is 4.05. The molecule has 146 valence electrons. The molecule has 9 heteroatoms. The number of primary sulfonamides is 1. The number of hydrogen-bond acceptors (Lipinski definition) is 6. The summed E-state index contributed by atoms with van der Waals surface area (Å²) in [7, 11) is -3.82. The molecule has 8 nitrogen and oxygen atoms in total. The van der Waals surface area contributed by atoms with Crippen LogP contribution in [0.25, 0.3) is 11.0 Å². The summed E-state index contributed by atoms with van der Waals surface area (Å²) in [5.41, 5.74) is 1.52. The number of ether oxygens (including phenoxy) is 1. The average Bonchev–Trinajstić information content (AvgIpc) is 2.98. The van der Waals surface area contributed by atoms with Gasteiger partial charge in [-0.25, -0.2) is 18.4 Å². The van der Waals surface area contributed by atoms with Crippen LogP contribution >= 0.6 is 0 Å². The first-order valence-corrected chi connectivity index (χ1v) is 9.84. The molecule has 0 bridgehead atoms.